The van der Waals surface area contributed by atoms with Gasteiger partial charge in [-0.1, -0.05) is 84.9 Å². The molecular weight excluding hydrogens is 492 g/mol. The van der Waals surface area contributed by atoms with Crippen molar-refractivity contribution in [1.29, 1.82) is 0 Å². The predicted octanol–water partition coefficient (Wildman–Crippen LogP) is 6.59. The molecule has 0 spiro atoms. The zero-order valence-electron chi connectivity index (χ0n) is 20.7. The quantitative estimate of drug-likeness (QED) is 0.264. The molecule has 0 bridgehead atoms. The second kappa shape index (κ2) is 9.80. The van der Waals surface area contributed by atoms with Gasteiger partial charge in [0.25, 0.3) is 15.9 Å². The lowest BCUT2D eigenvalue weighted by atomic mass is 10.0. The lowest BCUT2D eigenvalue weighted by Gasteiger charge is -2.26. The van der Waals surface area contributed by atoms with Crippen LogP contribution in [0.1, 0.15) is 27.0 Å². The summed E-state index contributed by atoms with van der Waals surface area (Å²) >= 11 is 0. The number of carbonyl (C=O) groups is 1. The van der Waals surface area contributed by atoms with Crippen molar-refractivity contribution >= 4 is 38.1 Å². The first-order valence-electron chi connectivity index (χ1n) is 12.6. The Morgan fingerprint density at radius 2 is 1.37 bits per heavy atom. The van der Waals surface area contributed by atoms with Gasteiger partial charge in [-0.05, 0) is 65.3 Å². The van der Waals surface area contributed by atoms with Gasteiger partial charge in [0.1, 0.15) is 0 Å². The van der Waals surface area contributed by atoms with Crippen molar-refractivity contribution in [2.75, 3.05) is 9.62 Å². The van der Waals surface area contributed by atoms with Crippen LogP contribution in [0.25, 0.3) is 10.8 Å². The van der Waals surface area contributed by atoms with E-state index in [-0.39, 0.29) is 22.9 Å². The van der Waals surface area contributed by atoms with E-state index >= 15 is 0 Å². The molecule has 0 aromatic heterocycles. The summed E-state index contributed by atoms with van der Waals surface area (Å²) in [4.78, 5) is 13.9. The number of para-hydroxylation sites is 1. The van der Waals surface area contributed by atoms with Crippen LogP contribution in [-0.4, -0.2) is 14.3 Å². The smallest absolute Gasteiger partial charge is 0.264 e. The van der Waals surface area contributed by atoms with Gasteiger partial charge in [-0.25, -0.2) is 8.42 Å². The molecule has 0 aliphatic heterocycles. The predicted molar refractivity (Wildman–Crippen MR) is 152 cm³/mol. The number of benzene rings is 5. The fraction of sp³-hybridized carbons (Fsp3) is 0.0938. The number of amides is 1. The summed E-state index contributed by atoms with van der Waals surface area (Å²) in [6, 6.07) is 34.8. The Morgan fingerprint density at radius 3 is 2.13 bits per heavy atom. The molecule has 6 heteroatoms. The lowest BCUT2D eigenvalue weighted by molar-refractivity contribution is 0.102. The summed E-state index contributed by atoms with van der Waals surface area (Å²) in [7, 11) is -3.97. The van der Waals surface area contributed by atoms with Crippen molar-refractivity contribution in [2.24, 2.45) is 0 Å². The van der Waals surface area contributed by atoms with Crippen molar-refractivity contribution < 1.29 is 13.2 Å². The van der Waals surface area contributed by atoms with Crippen molar-refractivity contribution in [3.8, 4) is 0 Å². The van der Waals surface area contributed by atoms with Crippen molar-refractivity contribution in [2.45, 2.75) is 24.3 Å². The molecule has 38 heavy (non-hydrogen) atoms. The van der Waals surface area contributed by atoms with E-state index in [1.54, 1.807) is 54.6 Å². The van der Waals surface area contributed by atoms with Crippen LogP contribution in [0.5, 0.6) is 0 Å². The normalized spacial score (nSPS) is 12.4. The Kier molecular flexibility index (Phi) is 6.18. The summed E-state index contributed by atoms with van der Waals surface area (Å²) in [5.41, 5.74) is 4.71. The maximum atomic E-state index is 13.9. The van der Waals surface area contributed by atoms with Gasteiger partial charge in [0.05, 0.1) is 22.7 Å². The van der Waals surface area contributed by atoms with E-state index in [0.717, 1.165) is 23.8 Å². The Balaban J connectivity index is 1.42. The summed E-state index contributed by atoms with van der Waals surface area (Å²) < 4.78 is 29.2. The zero-order chi connectivity index (χ0) is 26.1. The van der Waals surface area contributed by atoms with Gasteiger partial charge in [0.2, 0.25) is 0 Å². The molecule has 1 aliphatic rings. The molecule has 0 saturated carbocycles. The first kappa shape index (κ1) is 23.9. The third kappa shape index (κ3) is 4.33. The number of rotatable bonds is 7. The Bertz CT molecular complexity index is 1740. The molecule has 0 saturated heterocycles. The fourth-order valence-corrected chi connectivity index (χ4v) is 6.69. The maximum absolute atomic E-state index is 13.9. The SMILES string of the molecule is O=C(Nc1ccc2c3c(cccc13)CC2)c1ccccc1N(Cc1ccccc1)S(=O)(=O)c1ccccc1. The van der Waals surface area contributed by atoms with E-state index in [1.165, 1.54) is 20.8 Å². The largest absolute Gasteiger partial charge is 0.321 e. The standard InChI is InChI=1S/C32H26N2O3S/c35-32(33-29-21-20-25-19-18-24-12-9-16-27(29)31(24)25)28-15-7-8-17-30(28)34(22-23-10-3-1-4-11-23)38(36,37)26-13-5-2-6-14-26/h1-17,20-21H,18-19,22H2,(H,33,35). The van der Waals surface area contributed by atoms with Crippen molar-refractivity contribution in [1.82, 2.24) is 0 Å². The molecule has 0 unspecified atom stereocenters. The first-order valence-corrected chi connectivity index (χ1v) is 14.0. The Labute approximate surface area is 222 Å². The lowest BCUT2D eigenvalue weighted by Crippen LogP contribution is -2.32. The van der Waals surface area contributed by atoms with Gasteiger partial charge < -0.3 is 5.32 Å². The van der Waals surface area contributed by atoms with Gasteiger partial charge in [-0.15, -0.1) is 0 Å². The van der Waals surface area contributed by atoms with Crippen molar-refractivity contribution in [3.63, 3.8) is 0 Å². The number of nitrogens with zero attached hydrogens (tertiary/aromatic N) is 1. The first-order chi connectivity index (χ1) is 18.5. The number of anilines is 2. The highest BCUT2D eigenvalue weighted by Crippen LogP contribution is 2.36. The second-order valence-electron chi connectivity index (χ2n) is 9.39. The Hall–Kier alpha value is -4.42. The molecule has 5 aromatic rings. The summed E-state index contributed by atoms with van der Waals surface area (Å²) in [5, 5.41) is 5.28. The van der Waals surface area contributed by atoms with Crippen molar-refractivity contribution in [3.05, 3.63) is 138 Å². The minimum absolute atomic E-state index is 0.0867. The van der Waals surface area contributed by atoms with Gasteiger partial charge in [0, 0.05) is 11.1 Å². The number of hydrogen-bond acceptors (Lipinski definition) is 3. The van der Waals surface area contributed by atoms with Gasteiger partial charge in [-0.2, -0.15) is 0 Å². The van der Waals surface area contributed by atoms with Crippen LogP contribution in [0, 0.1) is 0 Å². The van der Waals surface area contributed by atoms with Gasteiger partial charge >= 0.3 is 0 Å². The zero-order valence-corrected chi connectivity index (χ0v) is 21.5. The summed E-state index contributed by atoms with van der Waals surface area (Å²) in [6.45, 7) is 0.0867. The summed E-state index contributed by atoms with van der Waals surface area (Å²) in [5.74, 6) is -0.361. The third-order valence-electron chi connectivity index (χ3n) is 7.04. The minimum Gasteiger partial charge on any atom is -0.321 e. The highest BCUT2D eigenvalue weighted by molar-refractivity contribution is 7.92. The van der Waals surface area contributed by atoms with Crippen LogP contribution in [0.15, 0.2) is 120 Å². The number of hydrogen-bond donors (Lipinski definition) is 1. The highest BCUT2D eigenvalue weighted by Gasteiger charge is 2.29. The molecule has 0 radical (unpaired) electrons. The molecule has 0 fully saturated rings. The molecule has 6 rings (SSSR count). The number of sulfonamides is 1. The van der Waals surface area contributed by atoms with Crippen LogP contribution in [0.2, 0.25) is 0 Å². The molecule has 188 valence electrons. The molecule has 0 heterocycles. The molecule has 0 atom stereocenters. The van der Waals surface area contributed by atoms with Gasteiger partial charge in [-0.3, -0.25) is 9.10 Å². The third-order valence-corrected chi connectivity index (χ3v) is 8.82. The minimum atomic E-state index is -3.97. The summed E-state index contributed by atoms with van der Waals surface area (Å²) in [6.07, 6.45) is 2.00. The Morgan fingerprint density at radius 1 is 0.711 bits per heavy atom. The van der Waals surface area contributed by atoms with Crippen LogP contribution >= 0.6 is 0 Å². The molecule has 1 aliphatic carbocycles. The van der Waals surface area contributed by atoms with Crippen LogP contribution in [0.4, 0.5) is 11.4 Å². The van der Waals surface area contributed by atoms with E-state index < -0.39 is 10.0 Å². The molecule has 5 nitrogen and oxygen atoms in total. The number of aryl methyl sites for hydroxylation is 2. The maximum Gasteiger partial charge on any atom is 0.264 e. The topological polar surface area (TPSA) is 66.5 Å². The van der Waals surface area contributed by atoms with E-state index in [4.69, 9.17) is 0 Å². The molecular formula is C32H26N2O3S. The fourth-order valence-electron chi connectivity index (χ4n) is 5.20. The van der Waals surface area contributed by atoms with Crippen LogP contribution in [0.3, 0.4) is 0 Å². The highest BCUT2D eigenvalue weighted by atomic mass is 32.2. The molecule has 1 N–H and O–H groups in total. The average molecular weight is 519 g/mol. The second-order valence-corrected chi connectivity index (χ2v) is 11.3. The monoisotopic (exact) mass is 518 g/mol. The van der Waals surface area contributed by atoms with E-state index in [9.17, 15) is 13.2 Å². The number of carbonyl (C=O) groups excluding carboxylic acids is 1. The van der Waals surface area contributed by atoms with Crippen LogP contribution < -0.4 is 9.62 Å². The van der Waals surface area contributed by atoms with Gasteiger partial charge in [0.15, 0.2) is 0 Å². The number of nitrogens with one attached hydrogen (secondary N) is 1. The molecule has 5 aromatic carbocycles. The van der Waals surface area contributed by atoms with E-state index in [1.807, 2.05) is 48.5 Å². The van der Waals surface area contributed by atoms with E-state index in [0.29, 0.717) is 11.4 Å². The van der Waals surface area contributed by atoms with E-state index in [2.05, 4.69) is 17.4 Å². The average Bonchev–Trinajstić information content (AvgIpc) is 3.39. The van der Waals surface area contributed by atoms with Crippen LogP contribution in [-0.2, 0) is 29.4 Å². The molecule has 1 amide bonds.